The Hall–Kier alpha value is -1.79. The molecule has 100 valence electrons. The van der Waals surface area contributed by atoms with Crippen LogP contribution in [-0.4, -0.2) is 23.3 Å². The highest BCUT2D eigenvalue weighted by atomic mass is 16.5. The third-order valence-electron chi connectivity index (χ3n) is 3.29. The average molecular weight is 258 g/mol. The van der Waals surface area contributed by atoms with Crippen molar-refractivity contribution in [2.75, 3.05) is 6.61 Å². The van der Waals surface area contributed by atoms with Crippen molar-refractivity contribution >= 4 is 5.97 Å². The molecule has 0 unspecified atom stereocenters. The van der Waals surface area contributed by atoms with Gasteiger partial charge in [0.2, 0.25) is 0 Å². The Morgan fingerprint density at radius 1 is 1.21 bits per heavy atom. The Morgan fingerprint density at radius 2 is 1.89 bits per heavy atom. The number of aliphatic hydroxyl groups is 1. The lowest BCUT2D eigenvalue weighted by atomic mass is 9.85. The van der Waals surface area contributed by atoms with Crippen molar-refractivity contribution in [3.8, 4) is 11.8 Å². The van der Waals surface area contributed by atoms with Crippen LogP contribution in [0.25, 0.3) is 0 Å². The van der Waals surface area contributed by atoms with Gasteiger partial charge in [-0.3, -0.25) is 0 Å². The van der Waals surface area contributed by atoms with Crippen LogP contribution in [0.3, 0.4) is 0 Å². The number of benzene rings is 1. The highest BCUT2D eigenvalue weighted by molar-refractivity contribution is 5.89. The molecule has 1 saturated carbocycles. The van der Waals surface area contributed by atoms with Gasteiger partial charge >= 0.3 is 5.97 Å². The topological polar surface area (TPSA) is 46.5 Å². The van der Waals surface area contributed by atoms with Gasteiger partial charge in [0.15, 0.2) is 6.61 Å². The molecular formula is C16H18O3. The van der Waals surface area contributed by atoms with Crippen LogP contribution in [-0.2, 0) is 4.74 Å². The Kier molecular flexibility index (Phi) is 4.59. The van der Waals surface area contributed by atoms with Gasteiger partial charge in [0.1, 0.15) is 5.60 Å². The summed E-state index contributed by atoms with van der Waals surface area (Å²) in [7, 11) is 0. The number of ether oxygens (including phenoxy) is 1. The van der Waals surface area contributed by atoms with E-state index in [1.165, 1.54) is 0 Å². The van der Waals surface area contributed by atoms with E-state index in [-0.39, 0.29) is 12.6 Å². The minimum absolute atomic E-state index is 0.0238. The number of rotatable bonds is 2. The first-order chi connectivity index (χ1) is 9.20. The maximum atomic E-state index is 11.6. The van der Waals surface area contributed by atoms with Crippen LogP contribution >= 0.6 is 0 Å². The summed E-state index contributed by atoms with van der Waals surface area (Å²) in [5.74, 6) is 5.20. The molecule has 0 radical (unpaired) electrons. The molecule has 0 atom stereocenters. The van der Waals surface area contributed by atoms with Crippen molar-refractivity contribution in [1.82, 2.24) is 0 Å². The molecule has 0 aliphatic heterocycles. The zero-order valence-corrected chi connectivity index (χ0v) is 10.9. The van der Waals surface area contributed by atoms with E-state index in [4.69, 9.17) is 4.74 Å². The number of carbonyl (C=O) groups excluding carboxylic acids is 1. The van der Waals surface area contributed by atoms with Gasteiger partial charge in [-0.25, -0.2) is 4.79 Å². The zero-order chi connectivity index (χ0) is 13.6. The Labute approximate surface area is 113 Å². The van der Waals surface area contributed by atoms with Crippen LogP contribution in [0.2, 0.25) is 0 Å². The number of carbonyl (C=O) groups is 1. The van der Waals surface area contributed by atoms with Crippen LogP contribution in [0.1, 0.15) is 42.5 Å². The van der Waals surface area contributed by atoms with E-state index >= 15 is 0 Å². The minimum Gasteiger partial charge on any atom is -0.449 e. The molecule has 0 heterocycles. The molecule has 2 rings (SSSR count). The van der Waals surface area contributed by atoms with Gasteiger partial charge in [0.25, 0.3) is 0 Å². The average Bonchev–Trinajstić information content (AvgIpc) is 2.45. The second kappa shape index (κ2) is 6.40. The van der Waals surface area contributed by atoms with Crippen LogP contribution < -0.4 is 0 Å². The number of esters is 1. The summed E-state index contributed by atoms with van der Waals surface area (Å²) in [6.45, 7) is 0.0238. The third kappa shape index (κ3) is 4.11. The molecule has 1 aromatic rings. The molecule has 1 aliphatic carbocycles. The molecule has 3 heteroatoms. The molecule has 1 N–H and O–H groups in total. The molecule has 1 fully saturated rings. The molecule has 1 aliphatic rings. The van der Waals surface area contributed by atoms with Crippen molar-refractivity contribution in [2.45, 2.75) is 37.7 Å². The summed E-state index contributed by atoms with van der Waals surface area (Å²) in [6.07, 6.45) is 4.61. The maximum Gasteiger partial charge on any atom is 0.339 e. The van der Waals surface area contributed by atoms with Gasteiger partial charge in [0.05, 0.1) is 5.56 Å². The van der Waals surface area contributed by atoms with Gasteiger partial charge in [-0.15, -0.1) is 0 Å². The molecule has 0 spiro atoms. The van der Waals surface area contributed by atoms with Gasteiger partial charge < -0.3 is 9.84 Å². The van der Waals surface area contributed by atoms with Crippen LogP contribution in [0, 0.1) is 11.8 Å². The summed E-state index contributed by atoms with van der Waals surface area (Å²) >= 11 is 0. The largest absolute Gasteiger partial charge is 0.449 e. The highest BCUT2D eigenvalue weighted by Gasteiger charge is 2.26. The molecule has 0 bridgehead atoms. The molecule has 0 saturated heterocycles. The standard InChI is InChI=1S/C16H18O3/c17-15(14-8-3-1-4-9-14)19-13-7-12-16(18)10-5-2-6-11-16/h1,3-4,8-9,18H,2,5-6,10-11,13H2. The van der Waals surface area contributed by atoms with Crippen LogP contribution in [0.4, 0.5) is 0 Å². The monoisotopic (exact) mass is 258 g/mol. The Morgan fingerprint density at radius 3 is 2.58 bits per heavy atom. The van der Waals surface area contributed by atoms with Crippen molar-refractivity contribution in [3.05, 3.63) is 35.9 Å². The molecule has 0 amide bonds. The van der Waals surface area contributed by atoms with Gasteiger partial charge in [-0.2, -0.15) is 0 Å². The first kappa shape index (κ1) is 13.6. The summed E-state index contributed by atoms with van der Waals surface area (Å²) < 4.78 is 5.04. The predicted molar refractivity (Wildman–Crippen MR) is 72.5 cm³/mol. The van der Waals surface area contributed by atoms with Crippen molar-refractivity contribution in [3.63, 3.8) is 0 Å². The molecular weight excluding hydrogens is 240 g/mol. The Balaban J connectivity index is 1.82. The molecule has 19 heavy (non-hydrogen) atoms. The quantitative estimate of drug-likeness (QED) is 0.655. The fourth-order valence-electron chi connectivity index (χ4n) is 2.22. The second-order valence-electron chi connectivity index (χ2n) is 4.84. The van der Waals surface area contributed by atoms with E-state index in [2.05, 4.69) is 11.8 Å². The minimum atomic E-state index is -0.878. The fourth-order valence-corrected chi connectivity index (χ4v) is 2.22. The second-order valence-corrected chi connectivity index (χ2v) is 4.84. The number of hydrogen-bond donors (Lipinski definition) is 1. The van der Waals surface area contributed by atoms with Gasteiger partial charge in [-0.05, 0) is 37.8 Å². The lowest BCUT2D eigenvalue weighted by Gasteiger charge is -2.26. The first-order valence-electron chi connectivity index (χ1n) is 6.64. The van der Waals surface area contributed by atoms with E-state index in [9.17, 15) is 9.90 Å². The Bertz CT molecular complexity index is 476. The summed E-state index contributed by atoms with van der Waals surface area (Å²) in [4.78, 5) is 11.6. The van der Waals surface area contributed by atoms with Gasteiger partial charge in [-0.1, -0.05) is 36.5 Å². The molecule has 0 aromatic heterocycles. The molecule has 3 nitrogen and oxygen atoms in total. The fraction of sp³-hybridized carbons (Fsp3) is 0.438. The first-order valence-corrected chi connectivity index (χ1v) is 6.64. The maximum absolute atomic E-state index is 11.6. The van der Waals surface area contributed by atoms with Gasteiger partial charge in [0, 0.05) is 0 Å². The molecule has 1 aromatic carbocycles. The predicted octanol–water partition coefficient (Wildman–Crippen LogP) is 2.54. The third-order valence-corrected chi connectivity index (χ3v) is 3.29. The number of hydrogen-bond acceptors (Lipinski definition) is 3. The smallest absolute Gasteiger partial charge is 0.339 e. The lowest BCUT2D eigenvalue weighted by Crippen LogP contribution is -2.29. The van der Waals surface area contributed by atoms with E-state index in [1.54, 1.807) is 24.3 Å². The highest BCUT2D eigenvalue weighted by Crippen LogP contribution is 2.26. The summed E-state index contributed by atoms with van der Waals surface area (Å²) in [6, 6.07) is 8.81. The van der Waals surface area contributed by atoms with Crippen molar-refractivity contribution in [1.29, 1.82) is 0 Å². The van der Waals surface area contributed by atoms with E-state index in [1.807, 2.05) is 6.07 Å². The van der Waals surface area contributed by atoms with Crippen molar-refractivity contribution < 1.29 is 14.6 Å². The SMILES string of the molecule is O=C(OCC#CC1(O)CCCCC1)c1ccccc1. The van der Waals surface area contributed by atoms with E-state index < -0.39 is 5.60 Å². The van der Waals surface area contributed by atoms with E-state index in [0.717, 1.165) is 19.3 Å². The van der Waals surface area contributed by atoms with Crippen LogP contribution in [0.5, 0.6) is 0 Å². The van der Waals surface area contributed by atoms with E-state index in [0.29, 0.717) is 18.4 Å². The normalized spacial score (nSPS) is 17.1. The lowest BCUT2D eigenvalue weighted by molar-refractivity contribution is 0.0539. The summed E-state index contributed by atoms with van der Waals surface area (Å²) in [5, 5.41) is 10.1. The zero-order valence-electron chi connectivity index (χ0n) is 10.9. The summed E-state index contributed by atoms with van der Waals surface area (Å²) in [5.41, 5.74) is -0.363. The van der Waals surface area contributed by atoms with Crippen molar-refractivity contribution in [2.24, 2.45) is 0 Å². The van der Waals surface area contributed by atoms with Crippen LogP contribution in [0.15, 0.2) is 30.3 Å².